The van der Waals surface area contributed by atoms with Gasteiger partial charge in [0.1, 0.15) is 5.75 Å². The summed E-state index contributed by atoms with van der Waals surface area (Å²) in [6, 6.07) is 6.00. The van der Waals surface area contributed by atoms with Crippen LogP contribution in [0.15, 0.2) is 18.2 Å². The molecule has 0 N–H and O–H groups in total. The number of fused-ring (bicyclic) bond motifs is 1. The van der Waals surface area contributed by atoms with Crippen molar-refractivity contribution in [1.82, 2.24) is 9.88 Å². The standard InChI is InChI=1S/C20H27N3O2S/c1-14-7-10-22(11-8-14)19(24)15-4-3-9-23(13-15)20-21-17-6-5-16(25-2)12-18(17)26-20/h5-6,12,14-15H,3-4,7-11,13H2,1-2H3. The van der Waals surface area contributed by atoms with Crippen LogP contribution in [0.3, 0.4) is 0 Å². The molecule has 1 atom stereocenters. The van der Waals surface area contributed by atoms with Crippen LogP contribution in [-0.4, -0.2) is 49.1 Å². The quantitative estimate of drug-likeness (QED) is 0.821. The van der Waals surface area contributed by atoms with Gasteiger partial charge < -0.3 is 14.5 Å². The molecule has 2 fully saturated rings. The van der Waals surface area contributed by atoms with E-state index in [2.05, 4.69) is 16.7 Å². The molecule has 26 heavy (non-hydrogen) atoms. The summed E-state index contributed by atoms with van der Waals surface area (Å²) in [6.07, 6.45) is 4.34. The molecule has 1 unspecified atom stereocenters. The van der Waals surface area contributed by atoms with Crippen molar-refractivity contribution >= 4 is 32.6 Å². The molecule has 6 heteroatoms. The highest BCUT2D eigenvalue weighted by molar-refractivity contribution is 7.22. The first-order chi connectivity index (χ1) is 12.6. The lowest BCUT2D eigenvalue weighted by Crippen LogP contribution is -2.47. The Morgan fingerprint density at radius 1 is 1.23 bits per heavy atom. The molecular formula is C20H27N3O2S. The summed E-state index contributed by atoms with van der Waals surface area (Å²) >= 11 is 1.69. The maximum absolute atomic E-state index is 13.0. The number of aromatic nitrogens is 1. The van der Waals surface area contributed by atoms with E-state index in [1.807, 2.05) is 18.2 Å². The molecule has 3 heterocycles. The number of piperidine rings is 2. The van der Waals surface area contributed by atoms with Crippen LogP contribution in [0.4, 0.5) is 5.13 Å². The van der Waals surface area contributed by atoms with Crippen molar-refractivity contribution in [2.75, 3.05) is 38.2 Å². The highest BCUT2D eigenvalue weighted by Crippen LogP contribution is 2.34. The summed E-state index contributed by atoms with van der Waals surface area (Å²) in [4.78, 5) is 22.1. The van der Waals surface area contributed by atoms with Crippen LogP contribution in [0, 0.1) is 11.8 Å². The molecule has 0 saturated carbocycles. The van der Waals surface area contributed by atoms with Crippen molar-refractivity contribution < 1.29 is 9.53 Å². The van der Waals surface area contributed by atoms with Gasteiger partial charge in [0.15, 0.2) is 5.13 Å². The molecule has 1 aromatic heterocycles. The van der Waals surface area contributed by atoms with Gasteiger partial charge in [-0.3, -0.25) is 4.79 Å². The number of likely N-dealkylation sites (tertiary alicyclic amines) is 1. The van der Waals surface area contributed by atoms with Crippen LogP contribution in [-0.2, 0) is 4.79 Å². The molecule has 1 amide bonds. The molecule has 0 aliphatic carbocycles. The SMILES string of the molecule is COc1ccc2nc(N3CCCC(C(=O)N4CCC(C)CC4)C3)sc2c1. The lowest BCUT2D eigenvalue weighted by atomic mass is 9.94. The van der Waals surface area contributed by atoms with Gasteiger partial charge >= 0.3 is 0 Å². The van der Waals surface area contributed by atoms with Crippen molar-refractivity contribution in [3.8, 4) is 5.75 Å². The Hall–Kier alpha value is -1.82. The first-order valence-electron chi connectivity index (χ1n) is 9.62. The first kappa shape index (κ1) is 17.6. The lowest BCUT2D eigenvalue weighted by Gasteiger charge is -2.37. The summed E-state index contributed by atoms with van der Waals surface area (Å²) < 4.78 is 6.45. The minimum Gasteiger partial charge on any atom is -0.497 e. The Kier molecular flexibility index (Phi) is 5.02. The highest BCUT2D eigenvalue weighted by atomic mass is 32.1. The summed E-state index contributed by atoms with van der Waals surface area (Å²) in [5.74, 6) is 2.07. The number of carbonyl (C=O) groups is 1. The zero-order chi connectivity index (χ0) is 18.1. The normalized spacial score (nSPS) is 22.0. The Balaban J connectivity index is 1.47. The number of thiazole rings is 1. The van der Waals surface area contributed by atoms with Gasteiger partial charge in [0.05, 0.1) is 23.2 Å². The van der Waals surface area contributed by atoms with E-state index in [9.17, 15) is 4.79 Å². The van der Waals surface area contributed by atoms with E-state index in [1.165, 1.54) is 0 Å². The number of methoxy groups -OCH3 is 1. The van der Waals surface area contributed by atoms with E-state index in [0.29, 0.717) is 5.91 Å². The second-order valence-electron chi connectivity index (χ2n) is 7.62. The topological polar surface area (TPSA) is 45.7 Å². The number of benzene rings is 1. The molecule has 2 aromatic rings. The van der Waals surface area contributed by atoms with Crippen LogP contribution in [0.25, 0.3) is 10.2 Å². The van der Waals surface area contributed by atoms with Gasteiger partial charge in [-0.05, 0) is 49.8 Å². The fourth-order valence-corrected chi connectivity index (χ4v) is 5.02. The van der Waals surface area contributed by atoms with Gasteiger partial charge in [0.2, 0.25) is 5.91 Å². The number of nitrogens with zero attached hydrogens (tertiary/aromatic N) is 3. The monoisotopic (exact) mass is 373 g/mol. The number of rotatable bonds is 3. The zero-order valence-electron chi connectivity index (χ0n) is 15.6. The molecule has 140 valence electrons. The first-order valence-corrected chi connectivity index (χ1v) is 10.4. The van der Waals surface area contributed by atoms with Crippen LogP contribution < -0.4 is 9.64 Å². The van der Waals surface area contributed by atoms with E-state index in [-0.39, 0.29) is 5.92 Å². The van der Waals surface area contributed by atoms with Gasteiger partial charge in [-0.15, -0.1) is 0 Å². The van der Waals surface area contributed by atoms with Crippen LogP contribution >= 0.6 is 11.3 Å². The number of ether oxygens (including phenoxy) is 1. The molecule has 0 spiro atoms. The molecule has 4 rings (SSSR count). The van der Waals surface area contributed by atoms with Crippen LogP contribution in [0.1, 0.15) is 32.6 Å². The maximum Gasteiger partial charge on any atom is 0.227 e. The van der Waals surface area contributed by atoms with Crippen molar-refractivity contribution in [2.45, 2.75) is 32.6 Å². The summed E-state index contributed by atoms with van der Waals surface area (Å²) in [5, 5.41) is 1.03. The van der Waals surface area contributed by atoms with Gasteiger partial charge in [-0.1, -0.05) is 18.3 Å². The minimum atomic E-state index is 0.110. The molecule has 0 radical (unpaired) electrons. The van der Waals surface area contributed by atoms with E-state index in [0.717, 1.165) is 78.9 Å². The Bertz CT molecular complexity index is 782. The number of carbonyl (C=O) groups excluding carboxylic acids is 1. The number of amides is 1. The molecular weight excluding hydrogens is 346 g/mol. The number of hydrogen-bond acceptors (Lipinski definition) is 5. The second kappa shape index (κ2) is 7.43. The predicted octanol–water partition coefficient (Wildman–Crippen LogP) is 3.78. The van der Waals surface area contributed by atoms with Gasteiger partial charge in [0, 0.05) is 26.2 Å². The van der Waals surface area contributed by atoms with Crippen molar-refractivity contribution in [1.29, 1.82) is 0 Å². The fraction of sp³-hybridized carbons (Fsp3) is 0.600. The van der Waals surface area contributed by atoms with Gasteiger partial charge in [-0.2, -0.15) is 0 Å². The van der Waals surface area contributed by atoms with E-state index < -0.39 is 0 Å². The Morgan fingerprint density at radius 3 is 2.81 bits per heavy atom. The molecule has 5 nitrogen and oxygen atoms in total. The maximum atomic E-state index is 13.0. The Morgan fingerprint density at radius 2 is 2.04 bits per heavy atom. The summed E-state index contributed by atoms with van der Waals surface area (Å²) in [7, 11) is 1.69. The number of hydrogen-bond donors (Lipinski definition) is 0. The molecule has 2 aliphatic heterocycles. The Labute approximate surface area is 159 Å². The van der Waals surface area contributed by atoms with Crippen molar-refractivity contribution in [2.24, 2.45) is 11.8 Å². The third-order valence-corrected chi connectivity index (χ3v) is 6.80. The average Bonchev–Trinajstić information content (AvgIpc) is 3.11. The third-order valence-electron chi connectivity index (χ3n) is 5.72. The van der Waals surface area contributed by atoms with E-state index in [4.69, 9.17) is 9.72 Å². The van der Waals surface area contributed by atoms with Crippen molar-refractivity contribution in [3.05, 3.63) is 18.2 Å². The average molecular weight is 374 g/mol. The van der Waals surface area contributed by atoms with Crippen LogP contribution in [0.5, 0.6) is 5.75 Å². The molecule has 2 aliphatic rings. The molecule has 2 saturated heterocycles. The molecule has 0 bridgehead atoms. The summed E-state index contributed by atoms with van der Waals surface area (Å²) in [5.41, 5.74) is 1.00. The molecule has 1 aromatic carbocycles. The van der Waals surface area contributed by atoms with Gasteiger partial charge in [-0.25, -0.2) is 4.98 Å². The zero-order valence-corrected chi connectivity index (χ0v) is 16.4. The minimum absolute atomic E-state index is 0.110. The largest absolute Gasteiger partial charge is 0.497 e. The van der Waals surface area contributed by atoms with Crippen molar-refractivity contribution in [3.63, 3.8) is 0 Å². The van der Waals surface area contributed by atoms with E-state index >= 15 is 0 Å². The number of anilines is 1. The fourth-order valence-electron chi connectivity index (χ4n) is 3.99. The lowest BCUT2D eigenvalue weighted by molar-refractivity contribution is -0.137. The van der Waals surface area contributed by atoms with Gasteiger partial charge in [0.25, 0.3) is 0 Å². The smallest absolute Gasteiger partial charge is 0.227 e. The predicted molar refractivity (Wildman–Crippen MR) is 106 cm³/mol. The van der Waals surface area contributed by atoms with Crippen LogP contribution in [0.2, 0.25) is 0 Å². The van der Waals surface area contributed by atoms with E-state index in [1.54, 1.807) is 18.4 Å². The summed E-state index contributed by atoms with van der Waals surface area (Å²) in [6.45, 7) is 5.92. The second-order valence-corrected chi connectivity index (χ2v) is 8.63. The highest BCUT2D eigenvalue weighted by Gasteiger charge is 2.31. The third kappa shape index (κ3) is 3.52.